The van der Waals surface area contributed by atoms with Crippen molar-refractivity contribution in [1.29, 1.82) is 0 Å². The van der Waals surface area contributed by atoms with Crippen LogP contribution < -0.4 is 5.32 Å². The summed E-state index contributed by atoms with van der Waals surface area (Å²) in [4.78, 5) is 18.9. The number of piperidine rings is 1. The van der Waals surface area contributed by atoms with Gasteiger partial charge in [0.25, 0.3) is 0 Å². The second kappa shape index (κ2) is 6.18. The first-order valence-corrected chi connectivity index (χ1v) is 8.23. The highest BCUT2D eigenvalue weighted by molar-refractivity contribution is 5.80. The van der Waals surface area contributed by atoms with Crippen molar-refractivity contribution in [3.05, 3.63) is 18.2 Å². The molecule has 0 aromatic carbocycles. The molecule has 0 bridgehead atoms. The van der Waals surface area contributed by atoms with Crippen LogP contribution in [-0.4, -0.2) is 39.5 Å². The standard InChI is InChI=1S/C16H26N4O/c1-12-6-5-7-14(18-12)15-10-17-11-20(15)13(2)16(21)19-8-3-4-9-19/h10-14,18H,3-9H2,1-2H3. The lowest BCUT2D eigenvalue weighted by Gasteiger charge is -2.31. The van der Waals surface area contributed by atoms with Crippen molar-refractivity contribution < 1.29 is 4.79 Å². The maximum atomic E-state index is 12.6. The van der Waals surface area contributed by atoms with Crippen molar-refractivity contribution in [2.75, 3.05) is 13.1 Å². The molecule has 0 aliphatic carbocycles. The van der Waals surface area contributed by atoms with Gasteiger partial charge in [-0.15, -0.1) is 0 Å². The topological polar surface area (TPSA) is 50.2 Å². The van der Waals surface area contributed by atoms with E-state index >= 15 is 0 Å². The fraction of sp³-hybridized carbons (Fsp3) is 0.750. The Morgan fingerprint density at radius 3 is 2.81 bits per heavy atom. The smallest absolute Gasteiger partial charge is 0.245 e. The summed E-state index contributed by atoms with van der Waals surface area (Å²) >= 11 is 0. The van der Waals surface area contributed by atoms with Crippen molar-refractivity contribution in [1.82, 2.24) is 19.8 Å². The van der Waals surface area contributed by atoms with E-state index in [2.05, 4.69) is 21.8 Å². The summed E-state index contributed by atoms with van der Waals surface area (Å²) in [6.07, 6.45) is 9.60. The molecule has 2 aliphatic rings. The maximum Gasteiger partial charge on any atom is 0.245 e. The molecule has 21 heavy (non-hydrogen) atoms. The van der Waals surface area contributed by atoms with Gasteiger partial charge in [0, 0.05) is 31.4 Å². The highest BCUT2D eigenvalue weighted by atomic mass is 16.2. The van der Waals surface area contributed by atoms with Crippen LogP contribution in [-0.2, 0) is 4.79 Å². The molecule has 5 heteroatoms. The molecule has 3 unspecified atom stereocenters. The minimum atomic E-state index is -0.153. The molecular formula is C16H26N4O. The van der Waals surface area contributed by atoms with Gasteiger partial charge in [-0.1, -0.05) is 0 Å². The number of aromatic nitrogens is 2. The number of hydrogen-bond donors (Lipinski definition) is 1. The molecule has 0 spiro atoms. The summed E-state index contributed by atoms with van der Waals surface area (Å²) < 4.78 is 2.07. The second-order valence-corrected chi connectivity index (χ2v) is 6.49. The van der Waals surface area contributed by atoms with Crippen molar-refractivity contribution in [2.45, 2.75) is 64.1 Å². The van der Waals surface area contributed by atoms with Gasteiger partial charge in [0.15, 0.2) is 0 Å². The lowest BCUT2D eigenvalue weighted by molar-refractivity contribution is -0.133. The van der Waals surface area contributed by atoms with E-state index in [1.54, 1.807) is 0 Å². The number of hydrogen-bond acceptors (Lipinski definition) is 3. The first-order valence-electron chi connectivity index (χ1n) is 8.23. The van der Waals surface area contributed by atoms with E-state index in [9.17, 15) is 4.79 Å². The summed E-state index contributed by atoms with van der Waals surface area (Å²) in [5.74, 6) is 0.232. The minimum absolute atomic E-state index is 0.153. The quantitative estimate of drug-likeness (QED) is 0.929. The molecule has 2 saturated heterocycles. The van der Waals surface area contributed by atoms with Gasteiger partial charge in [0.1, 0.15) is 6.04 Å². The van der Waals surface area contributed by atoms with E-state index in [4.69, 9.17) is 0 Å². The minimum Gasteiger partial charge on any atom is -0.341 e. The molecule has 2 aliphatic heterocycles. The van der Waals surface area contributed by atoms with Crippen LogP contribution in [0.15, 0.2) is 12.5 Å². The largest absolute Gasteiger partial charge is 0.341 e. The normalized spacial score (nSPS) is 27.8. The molecule has 1 aromatic heterocycles. The number of imidazole rings is 1. The highest BCUT2D eigenvalue weighted by Gasteiger charge is 2.28. The predicted molar refractivity (Wildman–Crippen MR) is 81.9 cm³/mol. The molecule has 3 atom stereocenters. The van der Waals surface area contributed by atoms with Crippen LogP contribution in [0.25, 0.3) is 0 Å². The zero-order valence-corrected chi connectivity index (χ0v) is 13.1. The molecule has 2 fully saturated rings. The molecule has 116 valence electrons. The van der Waals surface area contributed by atoms with Gasteiger partial charge >= 0.3 is 0 Å². The number of carbonyl (C=O) groups excluding carboxylic acids is 1. The van der Waals surface area contributed by atoms with E-state index in [1.165, 1.54) is 12.8 Å². The van der Waals surface area contributed by atoms with Crippen molar-refractivity contribution in [3.63, 3.8) is 0 Å². The maximum absolute atomic E-state index is 12.6. The zero-order valence-electron chi connectivity index (χ0n) is 13.1. The van der Waals surface area contributed by atoms with Crippen molar-refractivity contribution in [3.8, 4) is 0 Å². The highest BCUT2D eigenvalue weighted by Crippen LogP contribution is 2.27. The molecule has 3 heterocycles. The first-order chi connectivity index (χ1) is 10.2. The third-order valence-corrected chi connectivity index (χ3v) is 4.86. The monoisotopic (exact) mass is 290 g/mol. The van der Waals surface area contributed by atoms with Gasteiger partial charge in [-0.05, 0) is 46.0 Å². The van der Waals surface area contributed by atoms with E-state index in [0.29, 0.717) is 12.1 Å². The van der Waals surface area contributed by atoms with Crippen LogP contribution in [0, 0.1) is 0 Å². The number of likely N-dealkylation sites (tertiary alicyclic amines) is 1. The Balaban J connectivity index is 1.76. The second-order valence-electron chi connectivity index (χ2n) is 6.49. The summed E-state index contributed by atoms with van der Waals surface area (Å²) in [5.41, 5.74) is 1.15. The van der Waals surface area contributed by atoms with Gasteiger partial charge in [0.2, 0.25) is 5.91 Å². The summed E-state index contributed by atoms with van der Waals surface area (Å²) in [5, 5.41) is 3.64. The number of nitrogens with zero attached hydrogens (tertiary/aromatic N) is 3. The SMILES string of the molecule is CC1CCCC(c2cncn2C(C)C(=O)N2CCCC2)N1. The van der Waals surface area contributed by atoms with E-state index in [-0.39, 0.29) is 11.9 Å². The average molecular weight is 290 g/mol. The van der Waals surface area contributed by atoms with Crippen LogP contribution in [0.1, 0.15) is 63.7 Å². The van der Waals surface area contributed by atoms with Gasteiger partial charge in [-0.3, -0.25) is 4.79 Å². The first kappa shape index (κ1) is 14.6. The fourth-order valence-corrected chi connectivity index (χ4v) is 3.60. The number of nitrogens with one attached hydrogen (secondary N) is 1. The van der Waals surface area contributed by atoms with Crippen LogP contribution in [0.3, 0.4) is 0 Å². The van der Waals surface area contributed by atoms with E-state index < -0.39 is 0 Å². The fourth-order valence-electron chi connectivity index (χ4n) is 3.60. The number of carbonyl (C=O) groups is 1. The van der Waals surface area contributed by atoms with Gasteiger partial charge in [0.05, 0.1) is 12.0 Å². The van der Waals surface area contributed by atoms with Crippen LogP contribution in [0.5, 0.6) is 0 Å². The van der Waals surface area contributed by atoms with Crippen molar-refractivity contribution >= 4 is 5.91 Å². The van der Waals surface area contributed by atoms with Crippen LogP contribution in [0.2, 0.25) is 0 Å². The number of rotatable bonds is 3. The molecule has 0 saturated carbocycles. The lowest BCUT2D eigenvalue weighted by Crippen LogP contribution is -2.38. The Morgan fingerprint density at radius 2 is 2.10 bits per heavy atom. The number of amides is 1. The van der Waals surface area contributed by atoms with Crippen LogP contribution >= 0.6 is 0 Å². The zero-order chi connectivity index (χ0) is 14.8. The Kier molecular flexibility index (Phi) is 4.29. The van der Waals surface area contributed by atoms with Gasteiger partial charge < -0.3 is 14.8 Å². The van der Waals surface area contributed by atoms with E-state index in [0.717, 1.165) is 38.0 Å². The van der Waals surface area contributed by atoms with Crippen molar-refractivity contribution in [2.24, 2.45) is 0 Å². The molecular weight excluding hydrogens is 264 g/mol. The summed E-state index contributed by atoms with van der Waals surface area (Å²) in [6.45, 7) is 6.04. The van der Waals surface area contributed by atoms with Gasteiger partial charge in [-0.2, -0.15) is 0 Å². The summed E-state index contributed by atoms with van der Waals surface area (Å²) in [6, 6.07) is 0.710. The van der Waals surface area contributed by atoms with E-state index in [1.807, 2.05) is 24.3 Å². The Morgan fingerprint density at radius 1 is 1.33 bits per heavy atom. The third kappa shape index (κ3) is 2.98. The third-order valence-electron chi connectivity index (χ3n) is 4.86. The molecule has 1 aromatic rings. The average Bonchev–Trinajstić information content (AvgIpc) is 3.16. The Bertz CT molecular complexity index is 492. The molecule has 3 rings (SSSR count). The van der Waals surface area contributed by atoms with Gasteiger partial charge in [-0.25, -0.2) is 4.98 Å². The van der Waals surface area contributed by atoms with Crippen LogP contribution in [0.4, 0.5) is 0 Å². The molecule has 0 radical (unpaired) electrons. The molecule has 1 N–H and O–H groups in total. The Hall–Kier alpha value is -1.36. The molecule has 1 amide bonds. The molecule has 5 nitrogen and oxygen atoms in total. The summed E-state index contributed by atoms with van der Waals surface area (Å²) in [7, 11) is 0. The lowest BCUT2D eigenvalue weighted by atomic mass is 9.97. The predicted octanol–water partition coefficient (Wildman–Crippen LogP) is 2.27. The Labute approximate surface area is 126 Å².